The molecule has 14 nitrogen and oxygen atoms in total. The summed E-state index contributed by atoms with van der Waals surface area (Å²) < 4.78 is 0.507. The Balaban J connectivity index is 1.52. The van der Waals surface area contributed by atoms with Crippen LogP contribution >= 0.6 is 58.4 Å². The van der Waals surface area contributed by atoms with Crippen molar-refractivity contribution in [2.24, 2.45) is 10.9 Å². The number of carboxylic acids is 1. The van der Waals surface area contributed by atoms with Crippen molar-refractivity contribution in [1.29, 1.82) is 5.41 Å². The van der Waals surface area contributed by atoms with Crippen LogP contribution in [0.15, 0.2) is 26.1 Å². The van der Waals surface area contributed by atoms with Crippen LogP contribution in [0.2, 0.25) is 0 Å². The maximum absolute atomic E-state index is 12.9. The highest BCUT2D eigenvalue weighted by Crippen LogP contribution is 2.41. The van der Waals surface area contributed by atoms with Crippen LogP contribution in [0.25, 0.3) is 0 Å². The lowest BCUT2D eigenvalue weighted by Gasteiger charge is -2.49. The Morgan fingerprint density at radius 1 is 1.42 bits per heavy atom. The SMILES string of the molecule is N=C(N)CSc1nnc(C(=S)C2=C(C(=O)O)N3C(=O)[C@@H](NC(=O)/C(=N\O)c4csc(N)n4)[C@@H]3SC2)s1. The van der Waals surface area contributed by atoms with E-state index in [1.54, 1.807) is 0 Å². The van der Waals surface area contributed by atoms with Crippen LogP contribution in [-0.4, -0.2) is 87.5 Å². The number of amidine groups is 1. The number of thiocarbonyl (C=S) groups is 1. The van der Waals surface area contributed by atoms with E-state index in [4.69, 9.17) is 29.1 Å². The van der Waals surface area contributed by atoms with Gasteiger partial charge in [-0.25, -0.2) is 9.78 Å². The molecule has 2 aliphatic rings. The number of hydrogen-bond acceptors (Lipinski definition) is 15. The predicted octanol–water partition coefficient (Wildman–Crippen LogP) is -0.0600. The molecule has 2 aromatic heterocycles. The number of carbonyl (C=O) groups excluding carboxylic acids is 2. The van der Waals surface area contributed by atoms with Crippen LogP contribution in [0.4, 0.5) is 5.13 Å². The van der Waals surface area contributed by atoms with Crippen LogP contribution in [-0.2, 0) is 14.4 Å². The van der Waals surface area contributed by atoms with E-state index in [0.29, 0.717) is 9.35 Å². The molecule has 0 aromatic carbocycles. The summed E-state index contributed by atoms with van der Waals surface area (Å²) in [6.07, 6.45) is 0. The number of aliphatic carboxylic acids is 1. The first-order valence-corrected chi connectivity index (χ1v) is 13.8. The molecule has 4 heterocycles. The van der Waals surface area contributed by atoms with Crippen molar-refractivity contribution in [3.8, 4) is 0 Å². The molecular weight excluding hydrogens is 571 g/mol. The molecule has 0 aliphatic carbocycles. The molecule has 36 heavy (non-hydrogen) atoms. The fourth-order valence-electron chi connectivity index (χ4n) is 3.24. The van der Waals surface area contributed by atoms with Gasteiger partial charge < -0.3 is 27.1 Å². The number of anilines is 1. The molecule has 188 valence electrons. The first-order valence-electron chi connectivity index (χ1n) is 9.61. The smallest absolute Gasteiger partial charge is 0.353 e. The molecule has 0 unspecified atom stereocenters. The molecular formula is C17H15N9O5S5. The van der Waals surface area contributed by atoms with Gasteiger partial charge in [-0.1, -0.05) is 40.5 Å². The Morgan fingerprint density at radius 3 is 2.78 bits per heavy atom. The zero-order chi connectivity index (χ0) is 26.1. The van der Waals surface area contributed by atoms with E-state index in [1.165, 1.54) is 28.9 Å². The number of thioether (sulfide) groups is 2. The third-order valence-corrected chi connectivity index (χ3v) is 9.41. The van der Waals surface area contributed by atoms with Gasteiger partial charge in [-0.05, 0) is 0 Å². The highest BCUT2D eigenvalue weighted by molar-refractivity contribution is 8.01. The van der Waals surface area contributed by atoms with E-state index in [2.05, 4.69) is 25.7 Å². The second-order valence-electron chi connectivity index (χ2n) is 7.03. The van der Waals surface area contributed by atoms with Crippen molar-refractivity contribution in [1.82, 2.24) is 25.4 Å². The van der Waals surface area contributed by atoms with Crippen molar-refractivity contribution in [3.63, 3.8) is 0 Å². The lowest BCUT2D eigenvalue weighted by atomic mass is 10.0. The minimum Gasteiger partial charge on any atom is -0.477 e. The van der Waals surface area contributed by atoms with E-state index in [1.807, 2.05) is 0 Å². The number of oxime groups is 1. The third-order valence-electron chi connectivity index (χ3n) is 4.76. The second kappa shape index (κ2) is 10.5. The fraction of sp³-hybridized carbons (Fsp3) is 0.235. The largest absolute Gasteiger partial charge is 0.477 e. The molecule has 0 radical (unpaired) electrons. The number of carbonyl (C=O) groups is 3. The van der Waals surface area contributed by atoms with Gasteiger partial charge in [-0.2, -0.15) is 0 Å². The standard InChI is InChI=1S/C17H15N9O5S5/c18-6(19)3-35-17-24-23-12(36-17)10(32)4-1-33-14-8(13(28)26(14)9(4)15(29)30)22-11(27)7(25-31)5-2-34-16(20)21-5/h2,8,14,31H,1,3H2,(H3,18,19)(H2,20,21)(H,22,27)(H,29,30)/b25-7-/t8-,14+/m1/s1. The molecule has 0 bridgehead atoms. The number of aromatic nitrogens is 3. The average Bonchev–Trinajstić information content (AvgIpc) is 3.49. The lowest BCUT2D eigenvalue weighted by molar-refractivity contribution is -0.150. The van der Waals surface area contributed by atoms with Gasteiger partial charge in [0.15, 0.2) is 20.2 Å². The minimum atomic E-state index is -1.36. The van der Waals surface area contributed by atoms with Crippen LogP contribution in [0.1, 0.15) is 10.7 Å². The topological polar surface area (TPSA) is 234 Å². The highest BCUT2D eigenvalue weighted by atomic mass is 32.2. The molecule has 4 rings (SSSR count). The number of nitrogens with two attached hydrogens (primary N) is 2. The van der Waals surface area contributed by atoms with E-state index in [0.717, 1.165) is 27.6 Å². The molecule has 0 spiro atoms. The maximum atomic E-state index is 12.9. The Kier molecular flexibility index (Phi) is 7.54. The summed E-state index contributed by atoms with van der Waals surface area (Å²) >= 11 is 10.0. The molecule has 2 aliphatic heterocycles. The number of nitrogen functional groups attached to an aromatic ring is 1. The van der Waals surface area contributed by atoms with Crippen molar-refractivity contribution < 1.29 is 24.7 Å². The number of nitrogens with one attached hydrogen (secondary N) is 2. The summed E-state index contributed by atoms with van der Waals surface area (Å²) in [7, 11) is 0. The monoisotopic (exact) mass is 585 g/mol. The summed E-state index contributed by atoms with van der Waals surface area (Å²) in [4.78, 5) is 42.8. The fourth-order valence-corrected chi connectivity index (χ4v) is 7.14. The molecule has 19 heteroatoms. The molecule has 0 saturated carbocycles. The van der Waals surface area contributed by atoms with Gasteiger partial charge in [0.25, 0.3) is 11.8 Å². The number of amides is 2. The number of nitrogens with zero attached hydrogens (tertiary/aromatic N) is 5. The second-order valence-corrected chi connectivity index (χ2v) is 11.6. The first-order chi connectivity index (χ1) is 17.1. The molecule has 2 aromatic rings. The molecule has 2 atom stereocenters. The van der Waals surface area contributed by atoms with Crippen LogP contribution in [0.5, 0.6) is 0 Å². The van der Waals surface area contributed by atoms with Gasteiger partial charge in [0, 0.05) is 16.7 Å². The summed E-state index contributed by atoms with van der Waals surface area (Å²) in [5.41, 5.74) is 10.4. The predicted molar refractivity (Wildman–Crippen MR) is 139 cm³/mol. The Morgan fingerprint density at radius 2 is 2.17 bits per heavy atom. The van der Waals surface area contributed by atoms with Crippen molar-refractivity contribution in [2.75, 3.05) is 17.2 Å². The van der Waals surface area contributed by atoms with Gasteiger partial charge in [-0.3, -0.25) is 19.9 Å². The van der Waals surface area contributed by atoms with Gasteiger partial charge >= 0.3 is 5.97 Å². The number of hydrogen-bond donors (Lipinski definition) is 6. The van der Waals surface area contributed by atoms with Crippen LogP contribution in [0, 0.1) is 5.41 Å². The summed E-state index contributed by atoms with van der Waals surface area (Å²) in [5.74, 6) is -2.56. The highest BCUT2D eigenvalue weighted by Gasteiger charge is 2.55. The summed E-state index contributed by atoms with van der Waals surface area (Å²) in [5, 5.41) is 41.0. The van der Waals surface area contributed by atoms with Crippen molar-refractivity contribution in [3.05, 3.63) is 27.4 Å². The van der Waals surface area contributed by atoms with Gasteiger partial charge in [0.2, 0.25) is 0 Å². The number of rotatable bonds is 9. The van der Waals surface area contributed by atoms with E-state index in [-0.39, 0.29) is 44.3 Å². The van der Waals surface area contributed by atoms with Crippen molar-refractivity contribution in [2.45, 2.75) is 15.8 Å². The Hall–Kier alpha value is -3.13. The van der Waals surface area contributed by atoms with Gasteiger partial charge in [-0.15, -0.1) is 33.3 Å². The maximum Gasteiger partial charge on any atom is 0.353 e. The summed E-state index contributed by atoms with van der Waals surface area (Å²) in [6.45, 7) is 0. The Labute approximate surface area is 223 Å². The number of carboxylic acid groups (broad SMARTS) is 1. The van der Waals surface area contributed by atoms with Crippen LogP contribution < -0.4 is 16.8 Å². The van der Waals surface area contributed by atoms with Crippen LogP contribution in [0.3, 0.4) is 0 Å². The number of thiazole rings is 1. The molecule has 8 N–H and O–H groups in total. The quantitative estimate of drug-likeness (QED) is 0.0331. The lowest BCUT2D eigenvalue weighted by Crippen LogP contribution is -2.71. The minimum absolute atomic E-state index is 0.0315. The zero-order valence-electron chi connectivity index (χ0n) is 17.7. The van der Waals surface area contributed by atoms with E-state index >= 15 is 0 Å². The van der Waals surface area contributed by atoms with E-state index in [9.17, 15) is 24.7 Å². The molecule has 2 amide bonds. The Bertz CT molecular complexity index is 1350. The first kappa shape index (κ1) is 25.9. The average molecular weight is 586 g/mol. The molecule has 1 saturated heterocycles. The van der Waals surface area contributed by atoms with Gasteiger partial charge in [0.05, 0.1) is 10.6 Å². The van der Waals surface area contributed by atoms with Gasteiger partial charge in [0.1, 0.15) is 28.6 Å². The van der Waals surface area contributed by atoms with Crippen molar-refractivity contribution >= 4 is 97.7 Å². The summed E-state index contributed by atoms with van der Waals surface area (Å²) in [6, 6.07) is -1.06. The number of fused-ring (bicyclic) bond motifs is 1. The molecule has 1 fully saturated rings. The number of β-lactam (4-membered cyclic amide) rings is 1. The normalized spacial score (nSPS) is 19.5. The third kappa shape index (κ3) is 4.91. The zero-order valence-corrected chi connectivity index (χ0v) is 21.8. The van der Waals surface area contributed by atoms with E-state index < -0.39 is 34.9 Å².